The van der Waals surface area contributed by atoms with E-state index < -0.39 is 0 Å². The molecule has 1 saturated heterocycles. The molecule has 1 rings (SSSR count). The molecule has 1 atom stereocenters. The molecule has 0 N–H and O–H groups in total. The molecule has 2 amide bonds. The maximum atomic E-state index is 11.0. The van der Waals surface area contributed by atoms with E-state index in [-0.39, 0.29) is 24.2 Å². The van der Waals surface area contributed by atoms with Gasteiger partial charge in [0, 0.05) is 13.0 Å². The van der Waals surface area contributed by atoms with Gasteiger partial charge in [-0.05, 0) is 6.92 Å². The molecule has 56 valence electrons. The number of nitrogens with zero attached hydrogens (tertiary/aromatic N) is 1. The van der Waals surface area contributed by atoms with Crippen LogP contribution in [0, 0.1) is 12.8 Å². The molecule has 3 heteroatoms. The molecule has 0 aromatic rings. The first-order valence-corrected chi connectivity index (χ1v) is 3.34. The van der Waals surface area contributed by atoms with Gasteiger partial charge in [0.25, 0.3) is 0 Å². The van der Waals surface area contributed by atoms with E-state index in [4.69, 9.17) is 0 Å². The number of hydrogen-bond donors (Lipinski definition) is 0. The van der Waals surface area contributed by atoms with E-state index in [0.29, 0.717) is 6.54 Å². The van der Waals surface area contributed by atoms with Gasteiger partial charge in [-0.25, -0.2) is 0 Å². The van der Waals surface area contributed by atoms with Crippen LogP contribution < -0.4 is 0 Å². The average molecular weight is 140 g/mol. The van der Waals surface area contributed by atoms with E-state index in [1.165, 1.54) is 4.90 Å². The first-order valence-electron chi connectivity index (χ1n) is 3.34. The lowest BCUT2D eigenvalue weighted by Gasteiger charge is -2.11. The van der Waals surface area contributed by atoms with Gasteiger partial charge in [0.2, 0.25) is 11.8 Å². The Labute approximate surface area is 60.0 Å². The van der Waals surface area contributed by atoms with Crippen molar-refractivity contribution in [3.05, 3.63) is 6.92 Å². The van der Waals surface area contributed by atoms with E-state index in [2.05, 4.69) is 6.92 Å². The topological polar surface area (TPSA) is 37.4 Å². The minimum Gasteiger partial charge on any atom is -0.331 e. The van der Waals surface area contributed by atoms with Gasteiger partial charge in [-0.3, -0.25) is 14.5 Å². The van der Waals surface area contributed by atoms with Crippen LogP contribution in [0.25, 0.3) is 0 Å². The Balaban J connectivity index is 2.74. The molecule has 0 aliphatic carbocycles. The van der Waals surface area contributed by atoms with Crippen molar-refractivity contribution >= 4 is 11.8 Å². The molecule has 1 fully saturated rings. The van der Waals surface area contributed by atoms with Gasteiger partial charge >= 0.3 is 0 Å². The van der Waals surface area contributed by atoms with Gasteiger partial charge in [0.1, 0.15) is 0 Å². The summed E-state index contributed by atoms with van der Waals surface area (Å²) < 4.78 is 0. The summed E-state index contributed by atoms with van der Waals surface area (Å²) in [7, 11) is 0. The van der Waals surface area contributed by atoms with Crippen LogP contribution in [0.4, 0.5) is 0 Å². The molecule has 0 aromatic heterocycles. The van der Waals surface area contributed by atoms with Gasteiger partial charge in [-0.2, -0.15) is 0 Å². The van der Waals surface area contributed by atoms with Crippen molar-refractivity contribution in [1.29, 1.82) is 0 Å². The third-order valence-electron chi connectivity index (χ3n) is 1.65. The first kappa shape index (κ1) is 7.25. The van der Waals surface area contributed by atoms with E-state index in [0.717, 1.165) is 0 Å². The molecular formula is C7H10NO2-. The molecule has 1 heterocycles. The van der Waals surface area contributed by atoms with Crippen LogP contribution in [-0.2, 0) is 9.59 Å². The fourth-order valence-electron chi connectivity index (χ4n) is 1.08. The van der Waals surface area contributed by atoms with Gasteiger partial charge in [0.05, 0.1) is 0 Å². The Morgan fingerprint density at radius 2 is 2.30 bits per heavy atom. The number of imide groups is 1. The van der Waals surface area contributed by atoms with Crippen LogP contribution in [0.3, 0.4) is 0 Å². The van der Waals surface area contributed by atoms with Crippen LogP contribution in [0.1, 0.15) is 13.3 Å². The maximum Gasteiger partial charge on any atom is 0.227 e. The summed E-state index contributed by atoms with van der Waals surface area (Å²) in [5, 5.41) is 0. The normalized spacial score (nSPS) is 26.2. The van der Waals surface area contributed by atoms with Crippen LogP contribution in [0.5, 0.6) is 0 Å². The summed E-state index contributed by atoms with van der Waals surface area (Å²) in [5.74, 6) is -0.563. The lowest BCUT2D eigenvalue weighted by molar-refractivity contribution is -0.138. The van der Waals surface area contributed by atoms with Gasteiger partial charge < -0.3 is 6.92 Å². The maximum absolute atomic E-state index is 11.0. The summed E-state index contributed by atoms with van der Waals surface area (Å²) in [4.78, 5) is 23.1. The molecule has 0 radical (unpaired) electrons. The van der Waals surface area contributed by atoms with E-state index in [9.17, 15) is 9.59 Å². The van der Waals surface area contributed by atoms with Crippen molar-refractivity contribution < 1.29 is 9.59 Å². The summed E-state index contributed by atoms with van der Waals surface area (Å²) >= 11 is 0. The van der Waals surface area contributed by atoms with Crippen molar-refractivity contribution in [3.63, 3.8) is 0 Å². The Hall–Kier alpha value is -0.860. The second-order valence-electron chi connectivity index (χ2n) is 2.38. The predicted molar refractivity (Wildman–Crippen MR) is 35.9 cm³/mol. The standard InChI is InChI=1S/C7H10NO2/c1-3-8-6(9)4-5(2)7(8)10/h5H,2-4H2,1H3/q-1. The molecule has 1 aliphatic rings. The molecular weight excluding hydrogens is 130 g/mol. The predicted octanol–water partition coefficient (Wildman–Crippen LogP) is 0.215. The quantitative estimate of drug-likeness (QED) is 0.386. The zero-order valence-corrected chi connectivity index (χ0v) is 5.96. The highest BCUT2D eigenvalue weighted by molar-refractivity contribution is 6.03. The highest BCUT2D eigenvalue weighted by atomic mass is 16.2. The first-order chi connectivity index (χ1) is 4.66. The van der Waals surface area contributed by atoms with Crippen molar-refractivity contribution in [2.24, 2.45) is 5.92 Å². The second kappa shape index (κ2) is 2.40. The number of amides is 2. The van der Waals surface area contributed by atoms with Crippen LogP contribution in [-0.4, -0.2) is 23.3 Å². The van der Waals surface area contributed by atoms with Crippen LogP contribution >= 0.6 is 0 Å². The monoisotopic (exact) mass is 140 g/mol. The zero-order valence-electron chi connectivity index (χ0n) is 5.96. The number of hydrogen-bond acceptors (Lipinski definition) is 2. The summed E-state index contributed by atoms with van der Waals surface area (Å²) in [6.07, 6.45) is 0.284. The second-order valence-corrected chi connectivity index (χ2v) is 2.38. The molecule has 0 bridgehead atoms. The Bertz CT molecular complexity index is 176. The Morgan fingerprint density at radius 1 is 1.70 bits per heavy atom. The van der Waals surface area contributed by atoms with Crippen LogP contribution in [0.15, 0.2) is 0 Å². The third-order valence-corrected chi connectivity index (χ3v) is 1.65. The van der Waals surface area contributed by atoms with E-state index in [1.54, 1.807) is 6.92 Å². The summed E-state index contributed by atoms with van der Waals surface area (Å²) in [6, 6.07) is 0. The molecule has 10 heavy (non-hydrogen) atoms. The van der Waals surface area contributed by atoms with E-state index >= 15 is 0 Å². The fourth-order valence-corrected chi connectivity index (χ4v) is 1.08. The SMILES string of the molecule is [CH2-]C1CC(=O)N(CC)C1=O. The minimum atomic E-state index is -0.340. The number of carbonyl (C=O) groups excluding carboxylic acids is 2. The molecule has 1 unspecified atom stereocenters. The lowest BCUT2D eigenvalue weighted by atomic mass is 10.1. The van der Waals surface area contributed by atoms with Crippen molar-refractivity contribution in [2.75, 3.05) is 6.54 Å². The van der Waals surface area contributed by atoms with E-state index in [1.807, 2.05) is 0 Å². The zero-order chi connectivity index (χ0) is 7.72. The minimum absolute atomic E-state index is 0.0903. The highest BCUT2D eigenvalue weighted by Crippen LogP contribution is 2.17. The number of likely N-dealkylation sites (tertiary alicyclic amines) is 1. The van der Waals surface area contributed by atoms with Crippen molar-refractivity contribution in [1.82, 2.24) is 4.90 Å². The molecule has 3 nitrogen and oxygen atoms in total. The Kier molecular flexibility index (Phi) is 1.74. The molecule has 0 saturated carbocycles. The fraction of sp³-hybridized carbons (Fsp3) is 0.571. The van der Waals surface area contributed by atoms with Gasteiger partial charge in [-0.15, -0.1) is 0 Å². The number of rotatable bonds is 1. The highest BCUT2D eigenvalue weighted by Gasteiger charge is 2.29. The third kappa shape index (κ3) is 0.916. The van der Waals surface area contributed by atoms with Crippen molar-refractivity contribution in [2.45, 2.75) is 13.3 Å². The lowest BCUT2D eigenvalue weighted by Crippen LogP contribution is -2.29. The number of carbonyl (C=O) groups is 2. The van der Waals surface area contributed by atoms with Gasteiger partial charge in [-0.1, -0.05) is 5.92 Å². The largest absolute Gasteiger partial charge is 0.331 e. The molecule has 0 aromatic carbocycles. The van der Waals surface area contributed by atoms with Crippen molar-refractivity contribution in [3.8, 4) is 0 Å². The smallest absolute Gasteiger partial charge is 0.227 e. The Morgan fingerprint density at radius 3 is 2.50 bits per heavy atom. The summed E-state index contributed by atoms with van der Waals surface area (Å²) in [6.45, 7) is 5.82. The van der Waals surface area contributed by atoms with Crippen LogP contribution in [0.2, 0.25) is 0 Å². The molecule has 1 aliphatic heterocycles. The average Bonchev–Trinajstić information content (AvgIpc) is 2.09. The molecule has 0 spiro atoms. The summed E-state index contributed by atoms with van der Waals surface area (Å²) in [5.41, 5.74) is 0. The van der Waals surface area contributed by atoms with Gasteiger partial charge in [0.15, 0.2) is 0 Å².